The van der Waals surface area contributed by atoms with E-state index in [1.807, 2.05) is 0 Å². The van der Waals surface area contributed by atoms with Crippen molar-refractivity contribution in [3.63, 3.8) is 0 Å². The fourth-order valence-corrected chi connectivity index (χ4v) is 3.45. The first-order valence-electron chi connectivity index (χ1n) is 7.74. The van der Waals surface area contributed by atoms with E-state index in [0.717, 1.165) is 51.4 Å². The minimum absolute atomic E-state index is 0.0375. The highest BCUT2D eigenvalue weighted by atomic mass is 16.3. The molecule has 2 saturated carbocycles. The van der Waals surface area contributed by atoms with E-state index in [9.17, 15) is 15.0 Å². The van der Waals surface area contributed by atoms with Gasteiger partial charge in [-0.2, -0.15) is 0 Å². The highest BCUT2D eigenvalue weighted by Gasteiger charge is 2.31. The zero-order valence-corrected chi connectivity index (χ0v) is 11.7. The normalized spacial score (nSPS) is 30.8. The molecule has 2 fully saturated rings. The van der Waals surface area contributed by atoms with Crippen molar-refractivity contribution in [3.8, 4) is 0 Å². The molecule has 0 aromatic rings. The standard InChI is InChI=1S/C15H27NO3/c17-13-6-4-5-12(9-13)11-16-14(18)10-15(19)7-2-1-3-8-15/h12-13,17,19H,1-11H2,(H,16,18). The van der Waals surface area contributed by atoms with Gasteiger partial charge in [0, 0.05) is 6.54 Å². The van der Waals surface area contributed by atoms with Crippen LogP contribution in [0.15, 0.2) is 0 Å². The van der Waals surface area contributed by atoms with Crippen LogP contribution in [0.5, 0.6) is 0 Å². The molecule has 2 atom stereocenters. The van der Waals surface area contributed by atoms with Crippen LogP contribution in [-0.2, 0) is 4.79 Å². The molecule has 0 heterocycles. The van der Waals surface area contributed by atoms with Crippen LogP contribution in [0, 0.1) is 5.92 Å². The largest absolute Gasteiger partial charge is 0.393 e. The average Bonchev–Trinajstić information content (AvgIpc) is 2.37. The van der Waals surface area contributed by atoms with Gasteiger partial charge in [0.25, 0.3) is 0 Å². The van der Waals surface area contributed by atoms with E-state index in [1.54, 1.807) is 0 Å². The maximum absolute atomic E-state index is 11.9. The molecule has 0 bridgehead atoms. The van der Waals surface area contributed by atoms with Gasteiger partial charge in [0.15, 0.2) is 0 Å². The molecule has 2 aliphatic carbocycles. The molecule has 0 aliphatic heterocycles. The van der Waals surface area contributed by atoms with Crippen LogP contribution < -0.4 is 5.32 Å². The van der Waals surface area contributed by atoms with Crippen LogP contribution >= 0.6 is 0 Å². The second kappa shape index (κ2) is 6.71. The van der Waals surface area contributed by atoms with E-state index >= 15 is 0 Å². The maximum atomic E-state index is 11.9. The first kappa shape index (κ1) is 14.8. The summed E-state index contributed by atoms with van der Waals surface area (Å²) in [6, 6.07) is 0. The Hall–Kier alpha value is -0.610. The van der Waals surface area contributed by atoms with Gasteiger partial charge in [0.05, 0.1) is 18.1 Å². The molecule has 19 heavy (non-hydrogen) atoms. The van der Waals surface area contributed by atoms with Gasteiger partial charge < -0.3 is 15.5 Å². The Kier molecular flexibility index (Phi) is 5.22. The smallest absolute Gasteiger partial charge is 0.222 e. The second-order valence-electron chi connectivity index (χ2n) is 6.45. The Morgan fingerprint density at radius 3 is 2.58 bits per heavy atom. The van der Waals surface area contributed by atoms with E-state index in [4.69, 9.17) is 0 Å². The number of hydrogen-bond acceptors (Lipinski definition) is 3. The molecule has 4 nitrogen and oxygen atoms in total. The van der Waals surface area contributed by atoms with Crippen LogP contribution in [0.1, 0.15) is 64.2 Å². The summed E-state index contributed by atoms with van der Waals surface area (Å²) in [6.07, 6.45) is 8.59. The number of amides is 1. The highest BCUT2D eigenvalue weighted by Crippen LogP contribution is 2.30. The fraction of sp³-hybridized carbons (Fsp3) is 0.933. The second-order valence-corrected chi connectivity index (χ2v) is 6.45. The first-order valence-corrected chi connectivity index (χ1v) is 7.74. The summed E-state index contributed by atoms with van der Waals surface area (Å²) in [5.74, 6) is 0.359. The molecule has 0 radical (unpaired) electrons. The molecule has 0 aromatic carbocycles. The van der Waals surface area contributed by atoms with Crippen molar-refractivity contribution >= 4 is 5.91 Å². The van der Waals surface area contributed by atoms with Crippen LogP contribution in [-0.4, -0.2) is 34.4 Å². The van der Waals surface area contributed by atoms with E-state index < -0.39 is 5.60 Å². The summed E-state index contributed by atoms with van der Waals surface area (Å²) < 4.78 is 0. The number of hydrogen-bond donors (Lipinski definition) is 3. The Morgan fingerprint density at radius 2 is 1.89 bits per heavy atom. The van der Waals surface area contributed by atoms with Crippen molar-refractivity contribution < 1.29 is 15.0 Å². The summed E-state index contributed by atoms with van der Waals surface area (Å²) in [6.45, 7) is 0.645. The van der Waals surface area contributed by atoms with Crippen molar-refractivity contribution in [2.75, 3.05) is 6.54 Å². The summed E-state index contributed by atoms with van der Waals surface area (Å²) in [7, 11) is 0. The number of nitrogens with one attached hydrogen (secondary N) is 1. The topological polar surface area (TPSA) is 69.6 Å². The van der Waals surface area contributed by atoms with E-state index in [-0.39, 0.29) is 18.4 Å². The van der Waals surface area contributed by atoms with Gasteiger partial charge in [0.2, 0.25) is 5.91 Å². The lowest BCUT2D eigenvalue weighted by atomic mass is 9.82. The number of aliphatic hydroxyl groups excluding tert-OH is 1. The third-order valence-corrected chi connectivity index (χ3v) is 4.62. The van der Waals surface area contributed by atoms with Gasteiger partial charge in [-0.25, -0.2) is 0 Å². The molecule has 4 heteroatoms. The molecule has 2 rings (SSSR count). The Labute approximate surface area is 115 Å². The maximum Gasteiger partial charge on any atom is 0.222 e. The highest BCUT2D eigenvalue weighted by molar-refractivity contribution is 5.77. The van der Waals surface area contributed by atoms with Crippen molar-refractivity contribution in [1.29, 1.82) is 0 Å². The number of aliphatic hydroxyl groups is 2. The molecular weight excluding hydrogens is 242 g/mol. The summed E-state index contributed by atoms with van der Waals surface area (Å²) in [5, 5.41) is 22.8. The van der Waals surface area contributed by atoms with Crippen LogP contribution in [0.3, 0.4) is 0 Å². The quantitative estimate of drug-likeness (QED) is 0.728. The minimum Gasteiger partial charge on any atom is -0.393 e. The Morgan fingerprint density at radius 1 is 1.16 bits per heavy atom. The molecule has 0 saturated heterocycles. The summed E-state index contributed by atoms with van der Waals surface area (Å²) in [4.78, 5) is 11.9. The van der Waals surface area contributed by atoms with Gasteiger partial charge in [-0.15, -0.1) is 0 Å². The molecule has 0 aromatic heterocycles. The van der Waals surface area contributed by atoms with Crippen LogP contribution in [0.4, 0.5) is 0 Å². The van der Waals surface area contributed by atoms with Gasteiger partial charge in [-0.3, -0.25) is 4.79 Å². The lowest BCUT2D eigenvalue weighted by Gasteiger charge is -2.32. The zero-order chi connectivity index (χ0) is 13.7. The first-order chi connectivity index (χ1) is 9.07. The monoisotopic (exact) mass is 269 g/mol. The van der Waals surface area contributed by atoms with Crippen molar-refractivity contribution in [1.82, 2.24) is 5.32 Å². The van der Waals surface area contributed by atoms with Crippen LogP contribution in [0.2, 0.25) is 0 Å². The summed E-state index contributed by atoms with van der Waals surface area (Å²) >= 11 is 0. The Balaban J connectivity index is 1.69. The van der Waals surface area contributed by atoms with E-state index in [0.29, 0.717) is 12.5 Å². The summed E-state index contributed by atoms with van der Waals surface area (Å²) in [5.41, 5.74) is -0.769. The van der Waals surface area contributed by atoms with Crippen molar-refractivity contribution in [3.05, 3.63) is 0 Å². The van der Waals surface area contributed by atoms with Gasteiger partial charge in [-0.1, -0.05) is 25.7 Å². The fourth-order valence-electron chi connectivity index (χ4n) is 3.45. The van der Waals surface area contributed by atoms with Gasteiger partial charge in [-0.05, 0) is 38.0 Å². The third-order valence-electron chi connectivity index (χ3n) is 4.62. The van der Waals surface area contributed by atoms with Crippen molar-refractivity contribution in [2.24, 2.45) is 5.92 Å². The molecule has 0 spiro atoms. The molecule has 3 N–H and O–H groups in total. The van der Waals surface area contributed by atoms with Gasteiger partial charge >= 0.3 is 0 Å². The van der Waals surface area contributed by atoms with Crippen LogP contribution in [0.25, 0.3) is 0 Å². The molecule has 2 unspecified atom stereocenters. The SMILES string of the molecule is O=C(CC1(O)CCCCC1)NCC1CCCC(O)C1. The predicted molar refractivity (Wildman–Crippen MR) is 73.6 cm³/mol. The Bertz CT molecular complexity index is 300. The molecule has 110 valence electrons. The molecule has 1 amide bonds. The predicted octanol–water partition coefficient (Wildman–Crippen LogP) is 1.74. The number of rotatable bonds is 4. The molecule has 2 aliphatic rings. The van der Waals surface area contributed by atoms with E-state index in [1.165, 1.54) is 6.42 Å². The minimum atomic E-state index is -0.769. The number of carbonyl (C=O) groups is 1. The average molecular weight is 269 g/mol. The van der Waals surface area contributed by atoms with Gasteiger partial charge in [0.1, 0.15) is 0 Å². The lowest BCUT2D eigenvalue weighted by Crippen LogP contribution is -2.40. The molecular formula is C15H27NO3. The number of carbonyl (C=O) groups excluding carboxylic acids is 1. The van der Waals surface area contributed by atoms with E-state index in [2.05, 4.69) is 5.32 Å². The zero-order valence-electron chi connectivity index (χ0n) is 11.7. The lowest BCUT2D eigenvalue weighted by molar-refractivity contribution is -0.127. The third kappa shape index (κ3) is 4.77. The van der Waals surface area contributed by atoms with Crippen molar-refractivity contribution in [2.45, 2.75) is 75.9 Å².